The van der Waals surface area contributed by atoms with Crippen LogP contribution in [-0.4, -0.2) is 21.9 Å². The number of nitrogens with one attached hydrogen (secondary N) is 1. The highest BCUT2D eigenvalue weighted by molar-refractivity contribution is 6.09. The smallest absolute Gasteiger partial charge is 0.350 e. The largest absolute Gasteiger partial charge is 0.507 e. The van der Waals surface area contributed by atoms with Crippen LogP contribution in [0.1, 0.15) is 28.1 Å². The molecule has 0 radical (unpaired) electrons. The highest BCUT2D eigenvalue weighted by Crippen LogP contribution is 2.39. The van der Waals surface area contributed by atoms with Crippen molar-refractivity contribution in [2.45, 2.75) is 18.9 Å². The lowest BCUT2D eigenvalue weighted by Gasteiger charge is -2.19. The Morgan fingerprint density at radius 3 is 2.70 bits per heavy atom. The van der Waals surface area contributed by atoms with E-state index in [-0.39, 0.29) is 11.3 Å². The van der Waals surface area contributed by atoms with E-state index in [0.29, 0.717) is 5.69 Å². The molecule has 1 amide bonds. The highest BCUT2D eigenvalue weighted by Gasteiger charge is 2.47. The van der Waals surface area contributed by atoms with Gasteiger partial charge in [0, 0.05) is 17.3 Å². The second-order valence-corrected chi connectivity index (χ2v) is 5.36. The summed E-state index contributed by atoms with van der Waals surface area (Å²) in [6, 6.07) is 7.52. The van der Waals surface area contributed by atoms with E-state index in [1.54, 1.807) is 18.2 Å². The molecule has 3 N–H and O–H groups in total. The van der Waals surface area contributed by atoms with E-state index in [0.717, 1.165) is 6.07 Å². The number of amides is 1. The molecule has 1 aromatic heterocycles. The van der Waals surface area contributed by atoms with Gasteiger partial charge in [-0.1, -0.05) is 18.2 Å². The van der Waals surface area contributed by atoms with Crippen LogP contribution in [0.4, 0.5) is 5.69 Å². The Hall–Kier alpha value is -2.93. The van der Waals surface area contributed by atoms with Gasteiger partial charge in [0.15, 0.2) is 11.4 Å². The van der Waals surface area contributed by atoms with Gasteiger partial charge in [-0.25, -0.2) is 4.79 Å². The molecule has 1 aliphatic rings. The molecule has 1 aliphatic heterocycles. The maximum Gasteiger partial charge on any atom is 0.350 e. The highest BCUT2D eigenvalue weighted by atomic mass is 16.4. The Kier molecular flexibility index (Phi) is 3.30. The van der Waals surface area contributed by atoms with Crippen molar-refractivity contribution in [2.75, 3.05) is 5.32 Å². The first-order valence-electron chi connectivity index (χ1n) is 6.83. The number of hydrogen-bond donors (Lipinski definition) is 3. The first-order valence-corrected chi connectivity index (χ1v) is 6.83. The van der Waals surface area contributed by atoms with Crippen molar-refractivity contribution in [3.05, 3.63) is 57.6 Å². The number of aryl methyl sites for hydroxylation is 1. The zero-order chi connectivity index (χ0) is 16.8. The summed E-state index contributed by atoms with van der Waals surface area (Å²) in [5.41, 5.74) is -3.05. The summed E-state index contributed by atoms with van der Waals surface area (Å²) in [5.74, 6) is -2.04. The minimum absolute atomic E-state index is 0.145. The van der Waals surface area contributed by atoms with Gasteiger partial charge in [0.1, 0.15) is 17.1 Å². The molecule has 0 unspecified atom stereocenters. The lowest BCUT2D eigenvalue weighted by Crippen LogP contribution is -2.37. The van der Waals surface area contributed by atoms with E-state index in [1.165, 1.54) is 13.0 Å². The molecule has 2 heterocycles. The average Bonchev–Trinajstić information content (AvgIpc) is 2.69. The van der Waals surface area contributed by atoms with E-state index in [4.69, 9.17) is 4.42 Å². The van der Waals surface area contributed by atoms with E-state index >= 15 is 0 Å². The van der Waals surface area contributed by atoms with Gasteiger partial charge in [-0.05, 0) is 13.0 Å². The van der Waals surface area contributed by atoms with Crippen molar-refractivity contribution in [1.29, 1.82) is 0 Å². The number of Topliss-reactive ketones (excluding diaryl/α,β-unsaturated/α-hetero) is 1. The molecule has 1 aromatic carbocycles. The third-order valence-corrected chi connectivity index (χ3v) is 3.75. The Morgan fingerprint density at radius 2 is 2.00 bits per heavy atom. The van der Waals surface area contributed by atoms with E-state index in [2.05, 4.69) is 5.32 Å². The Morgan fingerprint density at radius 1 is 1.30 bits per heavy atom. The summed E-state index contributed by atoms with van der Waals surface area (Å²) in [6.45, 7) is 1.45. The quantitative estimate of drug-likeness (QED) is 0.729. The number of ketones is 1. The molecule has 2 aromatic rings. The van der Waals surface area contributed by atoms with Crippen LogP contribution in [0.25, 0.3) is 0 Å². The fourth-order valence-corrected chi connectivity index (χ4v) is 2.65. The summed E-state index contributed by atoms with van der Waals surface area (Å²) in [7, 11) is 0. The van der Waals surface area contributed by atoms with E-state index < -0.39 is 40.7 Å². The van der Waals surface area contributed by atoms with Gasteiger partial charge < -0.3 is 19.9 Å². The number of anilines is 1. The summed E-state index contributed by atoms with van der Waals surface area (Å²) in [5, 5.41) is 22.9. The molecule has 1 atom stereocenters. The van der Waals surface area contributed by atoms with Gasteiger partial charge in [0.2, 0.25) is 0 Å². The van der Waals surface area contributed by atoms with Crippen molar-refractivity contribution in [3.8, 4) is 5.75 Å². The fourth-order valence-electron chi connectivity index (χ4n) is 2.65. The summed E-state index contributed by atoms with van der Waals surface area (Å²) < 4.78 is 4.79. The van der Waals surface area contributed by atoms with Crippen LogP contribution in [0.3, 0.4) is 0 Å². The van der Waals surface area contributed by atoms with Gasteiger partial charge in [-0.15, -0.1) is 0 Å². The van der Waals surface area contributed by atoms with Gasteiger partial charge in [-0.2, -0.15) is 0 Å². The summed E-state index contributed by atoms with van der Waals surface area (Å²) in [6.07, 6.45) is -0.683. The van der Waals surface area contributed by atoms with Crippen LogP contribution < -0.4 is 10.9 Å². The Labute approximate surface area is 130 Å². The number of aliphatic hydroxyl groups is 1. The number of para-hydroxylation sites is 1. The summed E-state index contributed by atoms with van der Waals surface area (Å²) in [4.78, 5) is 36.2. The van der Waals surface area contributed by atoms with Crippen LogP contribution in [0.5, 0.6) is 5.75 Å². The molecule has 7 heteroatoms. The minimum atomic E-state index is -2.10. The number of fused-ring (bicyclic) bond motifs is 1. The molecule has 0 bridgehead atoms. The number of carbonyl (C=O) groups excluding carboxylic acids is 2. The molecule has 0 spiro atoms. The zero-order valence-electron chi connectivity index (χ0n) is 12.1. The molecule has 7 nitrogen and oxygen atoms in total. The Balaban J connectivity index is 2.01. The van der Waals surface area contributed by atoms with Crippen LogP contribution in [0.2, 0.25) is 0 Å². The van der Waals surface area contributed by atoms with Gasteiger partial charge >= 0.3 is 5.63 Å². The maximum absolute atomic E-state index is 12.4. The number of rotatable bonds is 3. The maximum atomic E-state index is 12.4. The average molecular weight is 315 g/mol. The van der Waals surface area contributed by atoms with Crippen molar-refractivity contribution >= 4 is 17.4 Å². The molecule has 23 heavy (non-hydrogen) atoms. The summed E-state index contributed by atoms with van der Waals surface area (Å²) >= 11 is 0. The second-order valence-electron chi connectivity index (χ2n) is 5.36. The normalized spacial score (nSPS) is 19.3. The lowest BCUT2D eigenvalue weighted by atomic mass is 9.88. The van der Waals surface area contributed by atoms with Gasteiger partial charge in [0.25, 0.3) is 5.91 Å². The number of benzene rings is 1. The Bertz CT molecular complexity index is 884. The van der Waals surface area contributed by atoms with Crippen LogP contribution >= 0.6 is 0 Å². The first-order chi connectivity index (χ1) is 10.8. The SMILES string of the molecule is Cc1cc(O)c(C(=O)C[C@]2(O)C(=O)Nc3ccccc32)c(=O)o1. The van der Waals surface area contributed by atoms with E-state index in [9.17, 15) is 24.6 Å². The molecule has 0 fully saturated rings. The molecule has 118 valence electrons. The van der Waals surface area contributed by atoms with Gasteiger partial charge in [0.05, 0.1) is 6.42 Å². The van der Waals surface area contributed by atoms with Crippen molar-refractivity contribution in [1.82, 2.24) is 0 Å². The molecule has 0 aliphatic carbocycles. The molecular weight excluding hydrogens is 302 g/mol. The van der Waals surface area contributed by atoms with Crippen LogP contribution in [0, 0.1) is 6.92 Å². The fraction of sp³-hybridized carbons (Fsp3) is 0.188. The first kappa shape index (κ1) is 15.0. The number of carbonyl (C=O) groups is 2. The van der Waals surface area contributed by atoms with Gasteiger partial charge in [-0.3, -0.25) is 9.59 Å². The minimum Gasteiger partial charge on any atom is -0.507 e. The molecule has 0 saturated carbocycles. The zero-order valence-corrected chi connectivity index (χ0v) is 12.1. The molecule has 0 saturated heterocycles. The predicted molar refractivity (Wildman–Crippen MR) is 79.3 cm³/mol. The van der Waals surface area contributed by atoms with Crippen molar-refractivity contribution < 1.29 is 24.2 Å². The second kappa shape index (κ2) is 5.06. The molecule has 3 rings (SSSR count). The number of aromatic hydroxyl groups is 1. The standard InChI is InChI=1S/C16H13NO6/c1-8-6-11(18)13(14(20)23-8)12(19)7-16(22)9-4-2-3-5-10(9)17-15(16)21/h2-6,18,22H,7H2,1H3,(H,17,21)/t16-/m1/s1. The van der Waals surface area contributed by atoms with E-state index in [1.807, 2.05) is 0 Å². The third kappa shape index (κ3) is 2.31. The monoisotopic (exact) mass is 315 g/mol. The molecular formula is C16H13NO6. The third-order valence-electron chi connectivity index (χ3n) is 3.75. The lowest BCUT2D eigenvalue weighted by molar-refractivity contribution is -0.133. The van der Waals surface area contributed by atoms with Crippen LogP contribution in [-0.2, 0) is 10.4 Å². The van der Waals surface area contributed by atoms with Crippen LogP contribution in [0.15, 0.2) is 39.5 Å². The van der Waals surface area contributed by atoms with Crippen molar-refractivity contribution in [2.24, 2.45) is 0 Å². The predicted octanol–water partition coefficient (Wildman–Crippen LogP) is 1.07. The number of hydrogen-bond acceptors (Lipinski definition) is 6. The van der Waals surface area contributed by atoms with Crippen molar-refractivity contribution in [3.63, 3.8) is 0 Å². The topological polar surface area (TPSA) is 117 Å².